The Labute approximate surface area is 174 Å². The number of halogens is 2. The van der Waals surface area contributed by atoms with Crippen molar-refractivity contribution in [1.82, 2.24) is 14.0 Å². The first-order valence-electron chi connectivity index (χ1n) is 9.00. The van der Waals surface area contributed by atoms with Crippen LogP contribution >= 0.6 is 22.9 Å². The number of aryl methyl sites for hydroxylation is 1. The fourth-order valence-electron chi connectivity index (χ4n) is 3.71. The van der Waals surface area contributed by atoms with Crippen LogP contribution in [0.3, 0.4) is 0 Å². The lowest BCUT2D eigenvalue weighted by molar-refractivity contribution is 0.627. The number of aromatic nitrogens is 3. The third-order valence-corrected chi connectivity index (χ3v) is 6.32. The first-order valence-corrected chi connectivity index (χ1v) is 10.2. The van der Waals surface area contributed by atoms with Gasteiger partial charge in [-0.2, -0.15) is 0 Å². The first kappa shape index (κ1) is 18.1. The van der Waals surface area contributed by atoms with Crippen molar-refractivity contribution in [2.75, 3.05) is 0 Å². The summed E-state index contributed by atoms with van der Waals surface area (Å²) >= 11 is 7.33. The summed E-state index contributed by atoms with van der Waals surface area (Å²) in [5.74, 6) is -0.449. The Kier molecular flexibility index (Phi) is 4.08. The summed E-state index contributed by atoms with van der Waals surface area (Å²) in [6.07, 6.45) is 1.89. The molecule has 29 heavy (non-hydrogen) atoms. The van der Waals surface area contributed by atoms with Crippen molar-refractivity contribution in [3.8, 4) is 5.69 Å². The molecule has 5 aromatic rings. The van der Waals surface area contributed by atoms with Crippen molar-refractivity contribution in [2.45, 2.75) is 13.8 Å². The molecule has 0 unspecified atom stereocenters. The zero-order valence-electron chi connectivity index (χ0n) is 15.6. The van der Waals surface area contributed by atoms with Gasteiger partial charge in [0.05, 0.1) is 20.6 Å². The van der Waals surface area contributed by atoms with Gasteiger partial charge in [-0.1, -0.05) is 35.1 Å². The molecule has 0 amide bonds. The second-order valence-electron chi connectivity index (χ2n) is 6.89. The molecule has 0 fully saturated rings. The Morgan fingerprint density at radius 1 is 1.14 bits per heavy atom. The monoisotopic (exact) mass is 423 g/mol. The van der Waals surface area contributed by atoms with Crippen LogP contribution in [0.25, 0.3) is 27.8 Å². The molecule has 0 atom stereocenters. The van der Waals surface area contributed by atoms with E-state index in [0.29, 0.717) is 9.49 Å². The van der Waals surface area contributed by atoms with Gasteiger partial charge in [0, 0.05) is 17.1 Å². The summed E-state index contributed by atoms with van der Waals surface area (Å²) in [4.78, 5) is 18.2. The van der Waals surface area contributed by atoms with Gasteiger partial charge in [0.15, 0.2) is 4.96 Å². The molecule has 5 rings (SSSR count). The van der Waals surface area contributed by atoms with Crippen LogP contribution in [-0.4, -0.2) is 14.0 Å². The number of fused-ring (bicyclic) bond motifs is 3. The van der Waals surface area contributed by atoms with E-state index < -0.39 is 5.82 Å². The lowest BCUT2D eigenvalue weighted by Crippen LogP contribution is -2.22. The molecule has 0 radical (unpaired) electrons. The van der Waals surface area contributed by atoms with Crippen LogP contribution in [0.2, 0.25) is 5.02 Å². The smallest absolute Gasteiger partial charge is 0.274 e. The van der Waals surface area contributed by atoms with Gasteiger partial charge in [0.1, 0.15) is 5.82 Å². The molecule has 3 heterocycles. The molecule has 7 heteroatoms. The van der Waals surface area contributed by atoms with E-state index in [0.717, 1.165) is 33.7 Å². The molecule has 0 N–H and O–H groups in total. The molecule has 144 valence electrons. The molecule has 4 nitrogen and oxygen atoms in total. The lowest BCUT2D eigenvalue weighted by atomic mass is 10.2. The number of benzene rings is 2. The number of hydrogen-bond donors (Lipinski definition) is 0. The van der Waals surface area contributed by atoms with Gasteiger partial charge < -0.3 is 4.57 Å². The summed E-state index contributed by atoms with van der Waals surface area (Å²) in [5, 5.41) is 0.0775. The summed E-state index contributed by atoms with van der Waals surface area (Å²) < 4.78 is 17.8. The van der Waals surface area contributed by atoms with E-state index in [1.54, 1.807) is 16.5 Å². The molecule has 0 saturated heterocycles. The molecular weight excluding hydrogens is 409 g/mol. The van der Waals surface area contributed by atoms with Crippen LogP contribution in [0.5, 0.6) is 0 Å². The van der Waals surface area contributed by atoms with E-state index >= 15 is 0 Å². The largest absolute Gasteiger partial charge is 0.318 e. The van der Waals surface area contributed by atoms with Crippen LogP contribution in [0.4, 0.5) is 4.39 Å². The van der Waals surface area contributed by atoms with Crippen molar-refractivity contribution in [3.63, 3.8) is 0 Å². The van der Waals surface area contributed by atoms with Crippen LogP contribution < -0.4 is 10.1 Å². The Morgan fingerprint density at radius 3 is 2.72 bits per heavy atom. The van der Waals surface area contributed by atoms with Gasteiger partial charge in [-0.05, 0) is 61.9 Å². The van der Waals surface area contributed by atoms with Gasteiger partial charge >= 0.3 is 0 Å². The van der Waals surface area contributed by atoms with Crippen molar-refractivity contribution < 1.29 is 4.39 Å². The fraction of sp³-hybridized carbons (Fsp3) is 0.0909. The van der Waals surface area contributed by atoms with Gasteiger partial charge in [0.2, 0.25) is 0 Å². The Morgan fingerprint density at radius 2 is 1.93 bits per heavy atom. The molecule has 0 aliphatic carbocycles. The Hall–Kier alpha value is -2.96. The van der Waals surface area contributed by atoms with E-state index in [1.807, 2.05) is 54.8 Å². The maximum absolute atomic E-state index is 13.5. The average molecular weight is 424 g/mol. The van der Waals surface area contributed by atoms with Crippen molar-refractivity contribution in [1.29, 1.82) is 0 Å². The molecule has 0 saturated carbocycles. The number of para-hydroxylation sites is 2. The van der Waals surface area contributed by atoms with Crippen LogP contribution in [0.1, 0.15) is 17.0 Å². The van der Waals surface area contributed by atoms with E-state index in [2.05, 4.69) is 4.98 Å². The molecular formula is C22H15ClFN3OS. The molecule has 0 spiro atoms. The highest BCUT2D eigenvalue weighted by Gasteiger charge is 2.14. The van der Waals surface area contributed by atoms with Crippen molar-refractivity contribution in [2.24, 2.45) is 0 Å². The average Bonchev–Trinajstić information content (AvgIpc) is 3.29. The van der Waals surface area contributed by atoms with Gasteiger partial charge in [-0.15, -0.1) is 0 Å². The minimum atomic E-state index is -0.449. The predicted octanol–water partition coefficient (Wildman–Crippen LogP) is 4.66. The third kappa shape index (κ3) is 2.79. The Bertz CT molecular complexity index is 1530. The van der Waals surface area contributed by atoms with Crippen LogP contribution in [-0.2, 0) is 0 Å². The number of nitrogens with zero attached hydrogens (tertiary/aromatic N) is 3. The third-order valence-electron chi connectivity index (χ3n) is 5.06. The SMILES string of the molecule is Cc1cc(/C=c2/sc3nc4ccccc4n3c2=O)c(C)n1-c1ccc(F)c(Cl)c1. The zero-order valence-corrected chi connectivity index (χ0v) is 17.2. The van der Waals surface area contributed by atoms with E-state index in [4.69, 9.17) is 11.6 Å². The van der Waals surface area contributed by atoms with Crippen LogP contribution in [0.15, 0.2) is 53.3 Å². The maximum Gasteiger partial charge on any atom is 0.274 e. The quantitative estimate of drug-likeness (QED) is 0.414. The number of rotatable bonds is 2. The highest BCUT2D eigenvalue weighted by atomic mass is 35.5. The molecule has 2 aromatic carbocycles. The minimum absolute atomic E-state index is 0.0756. The van der Waals surface area contributed by atoms with E-state index in [9.17, 15) is 9.18 Å². The molecule has 0 bridgehead atoms. The fourth-order valence-corrected chi connectivity index (χ4v) is 4.86. The number of hydrogen-bond acceptors (Lipinski definition) is 3. The normalized spacial score (nSPS) is 12.5. The van der Waals surface area contributed by atoms with E-state index in [1.165, 1.54) is 17.4 Å². The second-order valence-corrected chi connectivity index (χ2v) is 8.31. The van der Waals surface area contributed by atoms with Gasteiger partial charge in [0.25, 0.3) is 5.56 Å². The van der Waals surface area contributed by atoms with Crippen LogP contribution in [0, 0.1) is 19.7 Å². The Balaban J connectivity index is 1.69. The van der Waals surface area contributed by atoms with Gasteiger partial charge in [-0.3, -0.25) is 4.79 Å². The molecule has 0 aliphatic rings. The zero-order chi connectivity index (χ0) is 20.3. The lowest BCUT2D eigenvalue weighted by Gasteiger charge is -2.10. The summed E-state index contributed by atoms with van der Waals surface area (Å²) in [7, 11) is 0. The predicted molar refractivity (Wildman–Crippen MR) is 116 cm³/mol. The van der Waals surface area contributed by atoms with Crippen molar-refractivity contribution in [3.05, 3.63) is 91.2 Å². The second kappa shape index (κ2) is 6.54. The first-order chi connectivity index (χ1) is 13.9. The van der Waals surface area contributed by atoms with E-state index in [-0.39, 0.29) is 10.6 Å². The highest BCUT2D eigenvalue weighted by Crippen LogP contribution is 2.25. The summed E-state index contributed by atoms with van der Waals surface area (Å²) in [6.45, 7) is 3.93. The summed E-state index contributed by atoms with van der Waals surface area (Å²) in [6, 6.07) is 14.3. The molecule has 3 aromatic heterocycles. The highest BCUT2D eigenvalue weighted by molar-refractivity contribution is 7.15. The maximum atomic E-state index is 13.5. The topological polar surface area (TPSA) is 39.3 Å². The molecule has 0 aliphatic heterocycles. The standard InChI is InChI=1S/C22H15ClFN3OS/c1-12-9-14(13(2)26(12)15-7-8-17(24)16(23)11-15)10-20-21(28)27-19-6-4-3-5-18(19)25-22(27)29-20/h3-11H,1-2H3/b20-10+. The van der Waals surface area contributed by atoms with Crippen molar-refractivity contribution >= 4 is 45.0 Å². The minimum Gasteiger partial charge on any atom is -0.318 e. The van der Waals surface area contributed by atoms with Gasteiger partial charge in [-0.25, -0.2) is 13.8 Å². The number of thiazole rings is 1. The summed E-state index contributed by atoms with van der Waals surface area (Å²) in [5.41, 5.74) is 5.17. The number of imidazole rings is 1.